The molecule has 0 saturated heterocycles. The van der Waals surface area contributed by atoms with Crippen molar-refractivity contribution in [2.24, 2.45) is 0 Å². The number of amides is 1. The van der Waals surface area contributed by atoms with Gasteiger partial charge >= 0.3 is 0 Å². The van der Waals surface area contributed by atoms with Crippen LogP contribution in [0.2, 0.25) is 0 Å². The van der Waals surface area contributed by atoms with Gasteiger partial charge in [0.15, 0.2) is 0 Å². The van der Waals surface area contributed by atoms with E-state index in [4.69, 9.17) is 4.74 Å². The van der Waals surface area contributed by atoms with Crippen molar-refractivity contribution in [1.29, 1.82) is 0 Å². The first kappa shape index (κ1) is 18.1. The SMILES string of the molecule is CCOc1ccc(NC(=O)Cn2c(C)nc3c(sc4ncccc43)c2=O)cc1. The maximum Gasteiger partial charge on any atom is 0.272 e. The zero-order valence-electron chi connectivity index (χ0n) is 15.4. The van der Waals surface area contributed by atoms with Crippen LogP contribution in [0.4, 0.5) is 5.69 Å². The first-order chi connectivity index (χ1) is 13.6. The molecule has 0 aliphatic heterocycles. The number of benzene rings is 1. The molecule has 0 unspecified atom stereocenters. The Labute approximate surface area is 164 Å². The molecule has 28 heavy (non-hydrogen) atoms. The Hall–Kier alpha value is -3.26. The van der Waals surface area contributed by atoms with Crippen LogP contribution in [0.3, 0.4) is 0 Å². The largest absolute Gasteiger partial charge is 0.494 e. The molecule has 0 spiro atoms. The average molecular weight is 394 g/mol. The van der Waals surface area contributed by atoms with Crippen LogP contribution in [0.5, 0.6) is 5.75 Å². The minimum absolute atomic E-state index is 0.109. The number of aryl methyl sites for hydroxylation is 1. The van der Waals surface area contributed by atoms with Gasteiger partial charge in [-0.05, 0) is 50.2 Å². The molecular weight excluding hydrogens is 376 g/mol. The van der Waals surface area contributed by atoms with Crippen molar-refractivity contribution >= 4 is 43.4 Å². The molecule has 0 aliphatic rings. The lowest BCUT2D eigenvalue weighted by atomic mass is 10.3. The number of nitrogens with one attached hydrogen (secondary N) is 1. The fourth-order valence-corrected chi connectivity index (χ4v) is 4.03. The fourth-order valence-electron chi connectivity index (χ4n) is 3.00. The van der Waals surface area contributed by atoms with Crippen LogP contribution in [-0.2, 0) is 11.3 Å². The topological polar surface area (TPSA) is 86.1 Å². The molecule has 3 heterocycles. The van der Waals surface area contributed by atoms with E-state index in [0.29, 0.717) is 28.3 Å². The van der Waals surface area contributed by atoms with Gasteiger partial charge in [-0.2, -0.15) is 0 Å². The summed E-state index contributed by atoms with van der Waals surface area (Å²) in [5, 5.41) is 3.65. The number of pyridine rings is 1. The number of hydrogen-bond acceptors (Lipinski definition) is 6. The Morgan fingerprint density at radius 3 is 2.79 bits per heavy atom. The van der Waals surface area contributed by atoms with E-state index >= 15 is 0 Å². The second-order valence-corrected chi connectivity index (χ2v) is 7.19. The van der Waals surface area contributed by atoms with Crippen molar-refractivity contribution in [2.75, 3.05) is 11.9 Å². The molecule has 0 saturated carbocycles. The van der Waals surface area contributed by atoms with Gasteiger partial charge in [0.25, 0.3) is 5.56 Å². The number of rotatable bonds is 5. The first-order valence-electron chi connectivity index (χ1n) is 8.84. The molecule has 0 aliphatic carbocycles. The van der Waals surface area contributed by atoms with Gasteiger partial charge in [-0.1, -0.05) is 0 Å². The van der Waals surface area contributed by atoms with Crippen LogP contribution in [0.25, 0.3) is 20.4 Å². The zero-order valence-corrected chi connectivity index (χ0v) is 16.2. The highest BCUT2D eigenvalue weighted by molar-refractivity contribution is 7.25. The molecule has 4 rings (SSSR count). The van der Waals surface area contributed by atoms with Crippen molar-refractivity contribution < 1.29 is 9.53 Å². The van der Waals surface area contributed by atoms with Crippen LogP contribution >= 0.6 is 11.3 Å². The standard InChI is InChI=1S/C20H18N4O3S/c1-3-27-14-8-6-13(7-9-14)23-16(25)11-24-12(2)22-17-15-5-4-10-21-19(15)28-18(17)20(24)26/h4-10H,3,11H2,1-2H3,(H,23,25). The quantitative estimate of drug-likeness (QED) is 0.561. The smallest absolute Gasteiger partial charge is 0.272 e. The number of anilines is 1. The Bertz CT molecular complexity index is 1230. The molecule has 0 bridgehead atoms. The predicted molar refractivity (Wildman–Crippen MR) is 110 cm³/mol. The van der Waals surface area contributed by atoms with E-state index in [2.05, 4.69) is 15.3 Å². The van der Waals surface area contributed by atoms with Crippen molar-refractivity contribution in [3.05, 3.63) is 58.8 Å². The van der Waals surface area contributed by atoms with Crippen LogP contribution in [-0.4, -0.2) is 27.0 Å². The summed E-state index contributed by atoms with van der Waals surface area (Å²) in [6.45, 7) is 4.11. The Morgan fingerprint density at radius 2 is 2.04 bits per heavy atom. The lowest BCUT2D eigenvalue weighted by Crippen LogP contribution is -2.29. The monoisotopic (exact) mass is 394 g/mol. The third-order valence-electron chi connectivity index (χ3n) is 4.29. The van der Waals surface area contributed by atoms with Crippen molar-refractivity contribution in [3.8, 4) is 5.75 Å². The summed E-state index contributed by atoms with van der Waals surface area (Å²) >= 11 is 1.30. The molecule has 0 fully saturated rings. The summed E-state index contributed by atoms with van der Waals surface area (Å²) in [6, 6.07) is 10.8. The van der Waals surface area contributed by atoms with E-state index in [1.54, 1.807) is 37.4 Å². The second-order valence-electron chi connectivity index (χ2n) is 6.19. The lowest BCUT2D eigenvalue weighted by Gasteiger charge is -2.10. The third kappa shape index (κ3) is 3.34. The van der Waals surface area contributed by atoms with Crippen LogP contribution in [0.1, 0.15) is 12.7 Å². The predicted octanol–water partition coefficient (Wildman–Crippen LogP) is 3.35. The Balaban J connectivity index is 1.61. The molecule has 1 N–H and O–H groups in total. The van der Waals surface area contributed by atoms with Gasteiger partial charge in [0.1, 0.15) is 27.6 Å². The van der Waals surface area contributed by atoms with Gasteiger partial charge in [0.05, 0.1) is 12.1 Å². The van der Waals surface area contributed by atoms with E-state index in [0.717, 1.165) is 16.0 Å². The summed E-state index contributed by atoms with van der Waals surface area (Å²) < 4.78 is 7.29. The highest BCUT2D eigenvalue weighted by Gasteiger charge is 2.16. The number of aromatic nitrogens is 3. The van der Waals surface area contributed by atoms with Gasteiger partial charge in [-0.15, -0.1) is 11.3 Å². The number of nitrogens with zero attached hydrogens (tertiary/aromatic N) is 3. The van der Waals surface area contributed by atoms with E-state index in [1.165, 1.54) is 15.9 Å². The van der Waals surface area contributed by atoms with E-state index in [-0.39, 0.29) is 18.0 Å². The number of carbonyl (C=O) groups excluding carboxylic acids is 1. The maximum absolute atomic E-state index is 12.9. The van der Waals surface area contributed by atoms with Gasteiger partial charge < -0.3 is 10.1 Å². The highest BCUT2D eigenvalue weighted by Crippen LogP contribution is 2.28. The number of fused-ring (bicyclic) bond motifs is 3. The number of hydrogen-bond donors (Lipinski definition) is 1. The molecule has 0 radical (unpaired) electrons. The van der Waals surface area contributed by atoms with Gasteiger partial charge in [-0.25, -0.2) is 9.97 Å². The average Bonchev–Trinajstić information content (AvgIpc) is 3.06. The molecule has 7 nitrogen and oxygen atoms in total. The van der Waals surface area contributed by atoms with Gasteiger partial charge in [-0.3, -0.25) is 14.2 Å². The molecule has 8 heteroatoms. The highest BCUT2D eigenvalue weighted by atomic mass is 32.1. The summed E-state index contributed by atoms with van der Waals surface area (Å²) in [6.07, 6.45) is 1.69. The van der Waals surface area contributed by atoms with Crippen molar-refractivity contribution in [2.45, 2.75) is 20.4 Å². The normalized spacial score (nSPS) is 11.1. The maximum atomic E-state index is 12.9. The summed E-state index contributed by atoms with van der Waals surface area (Å²) in [5.41, 5.74) is 1.05. The minimum atomic E-state index is -0.297. The summed E-state index contributed by atoms with van der Waals surface area (Å²) in [4.78, 5) is 35.0. The van der Waals surface area contributed by atoms with Gasteiger partial charge in [0.2, 0.25) is 5.91 Å². The number of ether oxygens (including phenoxy) is 1. The van der Waals surface area contributed by atoms with Gasteiger partial charge in [0, 0.05) is 17.3 Å². The first-order valence-corrected chi connectivity index (χ1v) is 9.66. The zero-order chi connectivity index (χ0) is 19.7. The summed E-state index contributed by atoms with van der Waals surface area (Å²) in [5.74, 6) is 0.929. The number of thiophene rings is 1. The molecule has 142 valence electrons. The second kappa shape index (κ2) is 7.40. The molecule has 0 atom stereocenters. The van der Waals surface area contributed by atoms with Crippen LogP contribution < -0.4 is 15.6 Å². The molecule has 1 amide bonds. The molecule has 3 aromatic heterocycles. The Morgan fingerprint density at radius 1 is 1.25 bits per heavy atom. The fraction of sp³-hybridized carbons (Fsp3) is 0.200. The minimum Gasteiger partial charge on any atom is -0.494 e. The third-order valence-corrected chi connectivity index (χ3v) is 5.39. The molecular formula is C20H18N4O3S. The van der Waals surface area contributed by atoms with Crippen LogP contribution in [0, 0.1) is 6.92 Å². The van der Waals surface area contributed by atoms with Crippen molar-refractivity contribution in [3.63, 3.8) is 0 Å². The van der Waals surface area contributed by atoms with Crippen LogP contribution in [0.15, 0.2) is 47.4 Å². The van der Waals surface area contributed by atoms with E-state index in [9.17, 15) is 9.59 Å². The lowest BCUT2D eigenvalue weighted by molar-refractivity contribution is -0.116. The van der Waals surface area contributed by atoms with E-state index < -0.39 is 0 Å². The van der Waals surface area contributed by atoms with E-state index in [1.807, 2.05) is 19.1 Å². The van der Waals surface area contributed by atoms with Crippen molar-refractivity contribution in [1.82, 2.24) is 14.5 Å². The Kier molecular flexibility index (Phi) is 4.79. The molecule has 4 aromatic rings. The number of carbonyl (C=O) groups is 1. The summed E-state index contributed by atoms with van der Waals surface area (Å²) in [7, 11) is 0. The molecule has 1 aromatic carbocycles.